The lowest BCUT2D eigenvalue weighted by Gasteiger charge is -2.36. The molecule has 8 rings (SSSR count). The first-order chi connectivity index (χ1) is 26.4. The third-order valence-corrected chi connectivity index (χ3v) is 12.0. The van der Waals surface area contributed by atoms with Gasteiger partial charge >= 0.3 is 0 Å². The molecular formula is C43H50N6O5. The van der Waals surface area contributed by atoms with Crippen molar-refractivity contribution < 1.29 is 23.9 Å². The lowest BCUT2D eigenvalue weighted by Crippen LogP contribution is -2.52. The molecule has 5 aliphatic rings. The van der Waals surface area contributed by atoms with Crippen LogP contribution in [0.3, 0.4) is 0 Å². The first kappa shape index (κ1) is 35.9. The third kappa shape index (κ3) is 7.62. The number of nitriles is 1. The average molecular weight is 731 g/mol. The van der Waals surface area contributed by atoms with Gasteiger partial charge in [-0.1, -0.05) is 12.1 Å². The number of hydrogen-bond donors (Lipinski definition) is 1. The fourth-order valence-corrected chi connectivity index (χ4v) is 8.74. The van der Waals surface area contributed by atoms with Gasteiger partial charge in [0.2, 0.25) is 11.8 Å². The Balaban J connectivity index is 0.749. The average Bonchev–Trinajstić information content (AvgIpc) is 4.00. The van der Waals surface area contributed by atoms with Gasteiger partial charge in [-0.3, -0.25) is 24.6 Å². The Morgan fingerprint density at radius 3 is 2.28 bits per heavy atom. The van der Waals surface area contributed by atoms with Crippen molar-refractivity contribution >= 4 is 29.1 Å². The number of carbonyl (C=O) groups excluding carboxylic acids is 3. The minimum absolute atomic E-state index is 0.218. The number of methoxy groups -OCH3 is 1. The summed E-state index contributed by atoms with van der Waals surface area (Å²) in [5, 5.41) is 11.9. The monoisotopic (exact) mass is 730 g/mol. The number of amides is 3. The van der Waals surface area contributed by atoms with Crippen LogP contribution in [-0.4, -0.2) is 93.1 Å². The summed E-state index contributed by atoms with van der Waals surface area (Å²) in [6, 6.07) is 20.9. The maximum Gasteiger partial charge on any atom is 0.258 e. The Morgan fingerprint density at radius 2 is 1.57 bits per heavy atom. The number of nitrogens with one attached hydrogen (secondary N) is 1. The Hall–Kier alpha value is -5.08. The summed E-state index contributed by atoms with van der Waals surface area (Å²) >= 11 is 0. The van der Waals surface area contributed by atoms with Crippen molar-refractivity contribution in [3.63, 3.8) is 0 Å². The van der Waals surface area contributed by atoms with E-state index in [0.29, 0.717) is 42.7 Å². The molecule has 4 fully saturated rings. The van der Waals surface area contributed by atoms with E-state index in [1.54, 1.807) is 12.0 Å². The number of hydrogen-bond acceptors (Lipinski definition) is 9. The predicted octanol–water partition coefficient (Wildman–Crippen LogP) is 5.57. The van der Waals surface area contributed by atoms with Crippen LogP contribution in [0.5, 0.6) is 11.5 Å². The van der Waals surface area contributed by atoms with E-state index in [1.807, 2.05) is 12.1 Å². The zero-order chi connectivity index (χ0) is 37.2. The highest BCUT2D eigenvalue weighted by Gasteiger charge is 2.41. The van der Waals surface area contributed by atoms with Crippen LogP contribution in [0.25, 0.3) is 0 Å². The van der Waals surface area contributed by atoms with Crippen molar-refractivity contribution in [3.05, 3.63) is 82.4 Å². The quantitative estimate of drug-likeness (QED) is 0.189. The van der Waals surface area contributed by atoms with Gasteiger partial charge in [0, 0.05) is 69.7 Å². The van der Waals surface area contributed by atoms with E-state index in [0.717, 1.165) is 94.1 Å². The van der Waals surface area contributed by atoms with Crippen LogP contribution in [0.4, 0.5) is 11.4 Å². The smallest absolute Gasteiger partial charge is 0.258 e. The molecule has 4 aliphatic heterocycles. The van der Waals surface area contributed by atoms with Crippen LogP contribution >= 0.6 is 0 Å². The molecule has 0 bridgehead atoms. The number of carbonyl (C=O) groups is 3. The van der Waals surface area contributed by atoms with Gasteiger partial charge in [-0.05, 0) is 116 Å². The third-order valence-electron chi connectivity index (χ3n) is 12.0. The second-order valence-corrected chi connectivity index (χ2v) is 15.5. The zero-order valence-electron chi connectivity index (χ0n) is 31.2. The van der Waals surface area contributed by atoms with E-state index in [-0.39, 0.29) is 18.2 Å². The summed E-state index contributed by atoms with van der Waals surface area (Å²) in [5.74, 6) is 1.68. The first-order valence-electron chi connectivity index (χ1n) is 19.7. The van der Waals surface area contributed by atoms with E-state index in [4.69, 9.17) is 9.47 Å². The molecule has 11 heteroatoms. The number of unbranched alkanes of at least 4 members (excludes halogenated alkanes) is 1. The van der Waals surface area contributed by atoms with E-state index in [2.05, 4.69) is 68.6 Å². The highest BCUT2D eigenvalue weighted by atomic mass is 16.5. The number of ether oxygens (including phenoxy) is 2. The lowest BCUT2D eigenvalue weighted by molar-refractivity contribution is -0.136. The van der Waals surface area contributed by atoms with Crippen molar-refractivity contribution in [2.75, 3.05) is 69.3 Å². The van der Waals surface area contributed by atoms with Crippen molar-refractivity contribution in [3.8, 4) is 17.6 Å². The van der Waals surface area contributed by atoms with E-state index in [9.17, 15) is 19.6 Å². The number of anilines is 2. The predicted molar refractivity (Wildman–Crippen MR) is 206 cm³/mol. The molecule has 1 unspecified atom stereocenters. The summed E-state index contributed by atoms with van der Waals surface area (Å²) in [5.41, 5.74) is 7.14. The molecule has 3 aromatic rings. The maximum absolute atomic E-state index is 13.4. The van der Waals surface area contributed by atoms with Gasteiger partial charge in [-0.2, -0.15) is 5.26 Å². The molecule has 1 aliphatic carbocycles. The van der Waals surface area contributed by atoms with Crippen molar-refractivity contribution in [2.45, 2.75) is 75.8 Å². The molecule has 3 saturated heterocycles. The molecule has 0 spiro atoms. The van der Waals surface area contributed by atoms with Crippen LogP contribution in [-0.2, 0) is 16.1 Å². The fraction of sp³-hybridized carbons (Fsp3) is 0.488. The fourth-order valence-electron chi connectivity index (χ4n) is 8.74. The van der Waals surface area contributed by atoms with Crippen molar-refractivity contribution in [1.82, 2.24) is 15.1 Å². The number of benzene rings is 3. The largest absolute Gasteiger partial charge is 0.496 e. The molecule has 1 atom stereocenters. The molecule has 0 aromatic heterocycles. The van der Waals surface area contributed by atoms with Crippen molar-refractivity contribution in [1.29, 1.82) is 5.26 Å². The summed E-state index contributed by atoms with van der Waals surface area (Å²) in [6.45, 7) is 7.80. The summed E-state index contributed by atoms with van der Waals surface area (Å²) in [4.78, 5) is 46.4. The standard InChI is InChI=1S/C43H50N6O5/c1-53-39-26-35(24-33-28-49(43(52)41(33)39)38-12-13-40(50)45-42(38)51)48-21-19-46(20-22-48)16-2-3-23-54-36-10-7-29(8-11-36)30-14-17-47(18-15-30)34-9-6-32(27-44)37(25-34)31-4-5-31/h6-11,24-26,30-31,38H,2-5,12-23,28H2,1H3,(H,45,50,51). The molecule has 0 radical (unpaired) electrons. The van der Waals surface area contributed by atoms with Crippen molar-refractivity contribution in [2.24, 2.45) is 0 Å². The Labute approximate surface area is 317 Å². The minimum Gasteiger partial charge on any atom is -0.496 e. The number of fused-ring (bicyclic) bond motifs is 1. The van der Waals surface area contributed by atoms with Crippen LogP contribution < -0.4 is 24.6 Å². The topological polar surface area (TPSA) is 118 Å². The van der Waals surface area contributed by atoms with Gasteiger partial charge in [-0.15, -0.1) is 0 Å². The van der Waals surface area contributed by atoms with Gasteiger partial charge in [0.15, 0.2) is 0 Å². The van der Waals surface area contributed by atoms with Gasteiger partial charge in [0.05, 0.1) is 30.9 Å². The molecule has 282 valence electrons. The second-order valence-electron chi connectivity index (χ2n) is 15.5. The van der Waals surface area contributed by atoms with Gasteiger partial charge in [-0.25, -0.2) is 0 Å². The molecule has 11 nitrogen and oxygen atoms in total. The normalized spacial score (nSPS) is 20.9. The number of piperidine rings is 2. The highest BCUT2D eigenvalue weighted by molar-refractivity contribution is 6.06. The zero-order valence-corrected chi connectivity index (χ0v) is 31.2. The van der Waals surface area contributed by atoms with E-state index < -0.39 is 11.9 Å². The van der Waals surface area contributed by atoms with Gasteiger partial charge < -0.3 is 24.2 Å². The first-order valence-corrected chi connectivity index (χ1v) is 19.7. The van der Waals surface area contributed by atoms with Crippen LogP contribution in [0.15, 0.2) is 54.6 Å². The Morgan fingerprint density at radius 1 is 0.815 bits per heavy atom. The molecule has 4 heterocycles. The number of piperazine rings is 1. The highest BCUT2D eigenvalue weighted by Crippen LogP contribution is 2.43. The SMILES string of the molecule is COc1cc(N2CCN(CCCCOc3ccc(C4CCN(c5ccc(C#N)c(C6CC6)c5)CC4)cc3)CC2)cc2c1C(=O)N(C1CCC(=O)NC1=O)C2. The number of imide groups is 1. The summed E-state index contributed by atoms with van der Waals surface area (Å²) in [7, 11) is 1.58. The van der Waals surface area contributed by atoms with Crippen LogP contribution in [0, 0.1) is 11.3 Å². The van der Waals surface area contributed by atoms with Gasteiger partial charge in [0.1, 0.15) is 17.5 Å². The van der Waals surface area contributed by atoms with Crippen LogP contribution in [0.1, 0.15) is 95.8 Å². The lowest BCUT2D eigenvalue weighted by atomic mass is 9.89. The minimum atomic E-state index is -0.646. The molecule has 1 N–H and O–H groups in total. The summed E-state index contributed by atoms with van der Waals surface area (Å²) in [6.07, 6.45) is 7.31. The second kappa shape index (κ2) is 15.7. The summed E-state index contributed by atoms with van der Waals surface area (Å²) < 4.78 is 11.8. The Kier molecular flexibility index (Phi) is 10.5. The molecule has 1 saturated carbocycles. The number of nitrogens with zero attached hydrogens (tertiary/aromatic N) is 5. The number of rotatable bonds is 12. The Bertz CT molecular complexity index is 1920. The molecule has 3 aromatic carbocycles. The molecule has 3 amide bonds. The molecule has 54 heavy (non-hydrogen) atoms. The van der Waals surface area contributed by atoms with E-state index in [1.165, 1.54) is 29.7 Å². The van der Waals surface area contributed by atoms with E-state index >= 15 is 0 Å². The van der Waals surface area contributed by atoms with Crippen LogP contribution in [0.2, 0.25) is 0 Å². The molecular weight excluding hydrogens is 681 g/mol. The van der Waals surface area contributed by atoms with Gasteiger partial charge in [0.25, 0.3) is 5.91 Å². The maximum atomic E-state index is 13.4.